The van der Waals surface area contributed by atoms with E-state index in [2.05, 4.69) is 63.9 Å². The molecule has 1 atom stereocenters. The number of benzene rings is 1. The molecule has 3 aliphatic heterocycles. The second-order valence-electron chi connectivity index (χ2n) is 16.3. The summed E-state index contributed by atoms with van der Waals surface area (Å²) in [5, 5.41) is 3.77. The van der Waals surface area contributed by atoms with Crippen LogP contribution < -0.4 is 19.7 Å². The first-order chi connectivity index (χ1) is 25.2. The Balaban J connectivity index is 0.000000548. The van der Waals surface area contributed by atoms with Crippen LogP contribution in [0.1, 0.15) is 99.8 Å². The normalized spacial score (nSPS) is 21.6. The Kier molecular flexibility index (Phi) is 11.1. The van der Waals surface area contributed by atoms with Crippen LogP contribution in [0.2, 0.25) is 0 Å². The minimum atomic E-state index is -0.488. The van der Waals surface area contributed by atoms with Crippen molar-refractivity contribution in [2.24, 2.45) is 10.8 Å². The molecule has 5 aliphatic rings. The van der Waals surface area contributed by atoms with E-state index in [1.807, 2.05) is 6.20 Å². The molecule has 8 rings (SSSR count). The van der Waals surface area contributed by atoms with Crippen LogP contribution in [0.15, 0.2) is 43.0 Å². The van der Waals surface area contributed by atoms with E-state index in [0.717, 1.165) is 63.7 Å². The van der Waals surface area contributed by atoms with Gasteiger partial charge in [-0.1, -0.05) is 19.8 Å². The maximum Gasteiger partial charge on any atom is 0.188 e. The van der Waals surface area contributed by atoms with Gasteiger partial charge in [-0.2, -0.15) is 0 Å². The molecule has 0 amide bonds. The molecule has 2 aromatic heterocycles. The summed E-state index contributed by atoms with van der Waals surface area (Å²) in [6, 6.07) is 6.94. The first-order valence-corrected chi connectivity index (χ1v) is 19.5. The lowest BCUT2D eigenvalue weighted by molar-refractivity contribution is -0.0352. The highest BCUT2D eigenvalue weighted by Crippen LogP contribution is 2.52. The number of fused-ring (bicyclic) bond motifs is 1. The quantitative estimate of drug-likeness (QED) is 0.201. The molecule has 2 spiro atoms. The number of pyridine rings is 1. The number of aromatic nitrogens is 3. The predicted molar refractivity (Wildman–Crippen MR) is 201 cm³/mol. The Labute approximate surface area is 308 Å². The number of hydrogen-bond acceptors (Lipinski definition) is 10. The van der Waals surface area contributed by atoms with Crippen LogP contribution in [0, 0.1) is 16.6 Å². The second kappa shape index (κ2) is 15.7. The summed E-state index contributed by atoms with van der Waals surface area (Å²) >= 11 is 0. The van der Waals surface area contributed by atoms with E-state index in [0.29, 0.717) is 35.4 Å². The molecule has 0 radical (unpaired) electrons. The Morgan fingerprint density at radius 1 is 1.06 bits per heavy atom. The smallest absolute Gasteiger partial charge is 0.188 e. The number of nitrogens with one attached hydrogen (secondary N) is 1. The number of halogens is 1. The second-order valence-corrected chi connectivity index (χ2v) is 16.3. The largest absolute Gasteiger partial charge is 0.490 e. The summed E-state index contributed by atoms with van der Waals surface area (Å²) < 4.78 is 26.3. The molecule has 5 heterocycles. The number of hydrogen-bond donors (Lipinski definition) is 1. The van der Waals surface area contributed by atoms with Crippen LogP contribution in [-0.2, 0) is 6.42 Å². The molecule has 2 saturated heterocycles. The van der Waals surface area contributed by atoms with Crippen molar-refractivity contribution in [3.8, 4) is 17.2 Å². The molecule has 1 unspecified atom stereocenters. The molecule has 1 N–H and O–H groups in total. The summed E-state index contributed by atoms with van der Waals surface area (Å²) in [5.41, 5.74) is 3.45. The third-order valence-electron chi connectivity index (χ3n) is 12.2. The third kappa shape index (κ3) is 7.96. The van der Waals surface area contributed by atoms with Gasteiger partial charge in [0.05, 0.1) is 17.5 Å². The number of carbonyl (C=O) groups is 1. The first kappa shape index (κ1) is 36.7. The van der Waals surface area contributed by atoms with Crippen molar-refractivity contribution >= 4 is 12.1 Å². The lowest BCUT2D eigenvalue weighted by Crippen LogP contribution is -2.65. The van der Waals surface area contributed by atoms with Gasteiger partial charge in [0, 0.05) is 68.4 Å². The Morgan fingerprint density at radius 2 is 1.85 bits per heavy atom. The van der Waals surface area contributed by atoms with Gasteiger partial charge in [0.2, 0.25) is 0 Å². The van der Waals surface area contributed by atoms with Gasteiger partial charge in [0.15, 0.2) is 17.9 Å². The Bertz CT molecular complexity index is 1680. The van der Waals surface area contributed by atoms with E-state index < -0.39 is 5.82 Å². The van der Waals surface area contributed by atoms with Crippen LogP contribution in [0.4, 0.5) is 10.2 Å². The van der Waals surface area contributed by atoms with Gasteiger partial charge in [-0.15, -0.1) is 0 Å². The maximum absolute atomic E-state index is 13.6. The molecule has 11 heteroatoms. The van der Waals surface area contributed by atoms with Crippen molar-refractivity contribution in [3.63, 3.8) is 0 Å². The predicted octanol–water partition coefficient (Wildman–Crippen LogP) is 6.85. The summed E-state index contributed by atoms with van der Waals surface area (Å²) in [6.07, 6.45) is 16.7. The fourth-order valence-corrected chi connectivity index (χ4v) is 9.05. The molecular weight excluding hydrogens is 657 g/mol. The maximum atomic E-state index is 13.6. The van der Waals surface area contributed by atoms with Crippen molar-refractivity contribution in [3.05, 3.63) is 65.6 Å². The van der Waals surface area contributed by atoms with Gasteiger partial charge in [0.1, 0.15) is 29.7 Å². The fourth-order valence-electron chi connectivity index (χ4n) is 9.05. The number of anilines is 1. The van der Waals surface area contributed by atoms with Gasteiger partial charge >= 0.3 is 0 Å². The van der Waals surface area contributed by atoms with Crippen LogP contribution in [0.25, 0.3) is 0 Å². The Hall–Kier alpha value is -3.67. The van der Waals surface area contributed by atoms with Gasteiger partial charge in [-0.3, -0.25) is 9.78 Å². The molecule has 0 bridgehead atoms. The van der Waals surface area contributed by atoms with E-state index in [-0.39, 0.29) is 22.8 Å². The van der Waals surface area contributed by atoms with Crippen molar-refractivity contribution in [2.45, 2.75) is 96.7 Å². The van der Waals surface area contributed by atoms with E-state index in [9.17, 15) is 9.18 Å². The molecule has 3 aromatic rings. The van der Waals surface area contributed by atoms with Gasteiger partial charge < -0.3 is 29.5 Å². The van der Waals surface area contributed by atoms with Crippen molar-refractivity contribution in [1.29, 1.82) is 0 Å². The van der Waals surface area contributed by atoms with E-state index in [4.69, 9.17) is 14.5 Å². The summed E-state index contributed by atoms with van der Waals surface area (Å²) in [4.78, 5) is 31.9. The molecule has 2 aliphatic carbocycles. The summed E-state index contributed by atoms with van der Waals surface area (Å²) in [5.74, 6) is 1.91. The Morgan fingerprint density at radius 3 is 2.56 bits per heavy atom. The number of ether oxygens (including phenoxy) is 2. The summed E-state index contributed by atoms with van der Waals surface area (Å²) in [7, 11) is 2.13. The highest BCUT2D eigenvalue weighted by molar-refractivity contribution is 5.79. The zero-order valence-corrected chi connectivity index (χ0v) is 31.5. The summed E-state index contributed by atoms with van der Waals surface area (Å²) in [6.45, 7) is 14.2. The monoisotopic (exact) mass is 713 g/mol. The number of likely N-dealkylation sites (tertiary alicyclic amines) is 1. The van der Waals surface area contributed by atoms with Gasteiger partial charge in [-0.25, -0.2) is 14.4 Å². The average molecular weight is 714 g/mol. The zero-order valence-electron chi connectivity index (χ0n) is 31.5. The van der Waals surface area contributed by atoms with Crippen LogP contribution in [0.3, 0.4) is 0 Å². The molecule has 2 saturated carbocycles. The lowest BCUT2D eigenvalue weighted by atomic mass is 9.61. The zero-order chi connectivity index (χ0) is 36.3. The molecular formula is C41H56FN7O3. The third-order valence-corrected chi connectivity index (χ3v) is 12.2. The molecule has 52 heavy (non-hydrogen) atoms. The van der Waals surface area contributed by atoms with Crippen LogP contribution >= 0.6 is 0 Å². The van der Waals surface area contributed by atoms with E-state index in [1.165, 1.54) is 81.5 Å². The van der Waals surface area contributed by atoms with Crippen molar-refractivity contribution in [2.75, 3.05) is 57.8 Å². The minimum absolute atomic E-state index is 0.146. The average Bonchev–Trinajstić information content (AvgIpc) is 3.60. The number of carbonyl (C=O) groups excluding carboxylic acids is 1. The fraction of sp³-hybridized carbons (Fsp3) is 0.610. The van der Waals surface area contributed by atoms with Gasteiger partial charge in [0.25, 0.3) is 0 Å². The van der Waals surface area contributed by atoms with Gasteiger partial charge in [-0.05, 0) is 102 Å². The van der Waals surface area contributed by atoms with E-state index in [1.54, 1.807) is 6.20 Å². The first-order valence-electron chi connectivity index (χ1n) is 19.5. The lowest BCUT2D eigenvalue weighted by Gasteiger charge is -2.59. The van der Waals surface area contributed by atoms with E-state index >= 15 is 0 Å². The molecule has 10 nitrogen and oxygen atoms in total. The van der Waals surface area contributed by atoms with Crippen LogP contribution in [-0.4, -0.2) is 96.0 Å². The van der Waals surface area contributed by atoms with Crippen LogP contribution in [0.5, 0.6) is 17.2 Å². The topological polar surface area (TPSA) is 96.0 Å². The number of nitrogens with zero attached hydrogens (tertiary/aromatic N) is 6. The highest BCUT2D eigenvalue weighted by Gasteiger charge is 2.54. The molecule has 280 valence electrons. The minimum Gasteiger partial charge on any atom is -0.490 e. The van der Waals surface area contributed by atoms with Crippen molar-refractivity contribution < 1.29 is 18.7 Å². The SMILES string of the molecule is CCN(C)C(C)C.O=Cc1cc(F)ccc1Oc1cncnc1N1CC2(CC(Oc3ccnc4c3C(CCCN3CC5(CCCC5)C3)NCC4)C2)C1. The van der Waals surface area contributed by atoms with Crippen molar-refractivity contribution in [1.82, 2.24) is 30.1 Å². The molecule has 1 aromatic carbocycles. The highest BCUT2D eigenvalue weighted by atomic mass is 19.1. The molecule has 4 fully saturated rings. The number of aldehydes is 1. The number of rotatable bonds is 12. The standard InChI is InChI=1S/C35H41FN6O3.C6H15N/c36-25-5-6-29(24(14-25)18-43)45-31-17-37-23-40-33(31)42-21-35(22-42)15-26(16-35)44-30-8-12-39-28-7-11-38-27(32(28)30)4-3-13-41-19-34(20-41)9-1-2-10-34;1-5-7(4)6(2)3/h5-6,8,12,14,17-18,23,26-27,38H,1-4,7,9-11,13,15-16,19-22H2;6H,5H2,1-4H3.